The topological polar surface area (TPSA) is 86.0 Å². The average molecular weight is 348 g/mol. The molecule has 1 rings (SSSR count). The molecule has 8 heteroatoms. The van der Waals surface area contributed by atoms with Crippen LogP contribution in [0.3, 0.4) is 0 Å². The summed E-state index contributed by atoms with van der Waals surface area (Å²) in [4.78, 5) is 29.5. The Morgan fingerprint density at radius 2 is 1.80 bits per heavy atom. The first-order valence-electron chi connectivity index (χ1n) is 7.68. The first-order valence-corrected chi connectivity index (χ1v) is 7.68. The SMILES string of the molecule is C#CCN(C(=O)OC(C)(C)C)/C(=N\C(=O)OC(C)(C)C)n1cccn1. The Labute approximate surface area is 147 Å². The lowest BCUT2D eigenvalue weighted by Gasteiger charge is -2.26. The monoisotopic (exact) mass is 348 g/mol. The highest BCUT2D eigenvalue weighted by molar-refractivity contribution is 5.99. The van der Waals surface area contributed by atoms with Crippen molar-refractivity contribution in [1.29, 1.82) is 0 Å². The van der Waals surface area contributed by atoms with Crippen molar-refractivity contribution in [3.05, 3.63) is 18.5 Å². The third-order valence-electron chi connectivity index (χ3n) is 2.40. The summed E-state index contributed by atoms with van der Waals surface area (Å²) in [5.41, 5.74) is -1.48. The van der Waals surface area contributed by atoms with Crippen LogP contribution in [0.5, 0.6) is 0 Å². The lowest BCUT2D eigenvalue weighted by molar-refractivity contribution is 0.0379. The van der Waals surface area contributed by atoms with E-state index in [4.69, 9.17) is 15.9 Å². The third kappa shape index (κ3) is 7.08. The Morgan fingerprint density at radius 1 is 1.20 bits per heavy atom. The van der Waals surface area contributed by atoms with E-state index in [-0.39, 0.29) is 12.5 Å². The molecular formula is C17H24N4O4. The van der Waals surface area contributed by atoms with Crippen LogP contribution in [0.1, 0.15) is 41.5 Å². The highest BCUT2D eigenvalue weighted by Crippen LogP contribution is 2.12. The van der Waals surface area contributed by atoms with Crippen molar-refractivity contribution < 1.29 is 19.1 Å². The predicted octanol–water partition coefficient (Wildman–Crippen LogP) is 2.89. The molecule has 0 atom stereocenters. The van der Waals surface area contributed by atoms with E-state index < -0.39 is 23.4 Å². The molecule has 0 saturated carbocycles. The average Bonchev–Trinajstić information content (AvgIpc) is 2.92. The molecule has 0 N–H and O–H groups in total. The number of carbonyl (C=O) groups excluding carboxylic acids is 2. The maximum absolute atomic E-state index is 12.5. The van der Waals surface area contributed by atoms with Crippen LogP contribution in [0.4, 0.5) is 9.59 Å². The van der Waals surface area contributed by atoms with E-state index in [1.165, 1.54) is 17.1 Å². The third-order valence-corrected chi connectivity index (χ3v) is 2.40. The molecule has 0 radical (unpaired) electrons. The zero-order valence-electron chi connectivity index (χ0n) is 15.4. The van der Waals surface area contributed by atoms with E-state index >= 15 is 0 Å². The smallest absolute Gasteiger partial charge is 0.437 e. The number of ether oxygens (including phenoxy) is 2. The molecule has 1 heterocycles. The van der Waals surface area contributed by atoms with E-state index in [0.717, 1.165) is 4.90 Å². The minimum absolute atomic E-state index is 0.105. The summed E-state index contributed by atoms with van der Waals surface area (Å²) in [5, 5.41) is 4.01. The maximum atomic E-state index is 12.5. The van der Waals surface area contributed by atoms with Crippen LogP contribution in [0.15, 0.2) is 23.5 Å². The van der Waals surface area contributed by atoms with Gasteiger partial charge in [-0.2, -0.15) is 5.10 Å². The van der Waals surface area contributed by atoms with E-state index in [9.17, 15) is 9.59 Å². The van der Waals surface area contributed by atoms with E-state index in [1.54, 1.807) is 47.6 Å². The molecule has 25 heavy (non-hydrogen) atoms. The summed E-state index contributed by atoms with van der Waals surface area (Å²) in [6, 6.07) is 1.62. The van der Waals surface area contributed by atoms with Crippen molar-refractivity contribution in [2.75, 3.05) is 6.54 Å². The van der Waals surface area contributed by atoms with Gasteiger partial charge in [-0.15, -0.1) is 11.4 Å². The normalized spacial score (nSPS) is 12.3. The Bertz CT molecular complexity index is 673. The van der Waals surface area contributed by atoms with Crippen LogP contribution in [-0.4, -0.2) is 50.6 Å². The van der Waals surface area contributed by atoms with Gasteiger partial charge < -0.3 is 9.47 Å². The Balaban J connectivity index is 3.26. The van der Waals surface area contributed by atoms with Gasteiger partial charge in [-0.05, 0) is 47.6 Å². The number of hydrogen-bond donors (Lipinski definition) is 0. The number of terminal acetylenes is 1. The summed E-state index contributed by atoms with van der Waals surface area (Å²) < 4.78 is 11.7. The molecule has 0 bridgehead atoms. The summed E-state index contributed by atoms with van der Waals surface area (Å²) in [5.74, 6) is 2.24. The van der Waals surface area contributed by atoms with Crippen LogP contribution in [0, 0.1) is 12.3 Å². The number of aliphatic imine (C=N–C) groups is 1. The van der Waals surface area contributed by atoms with Crippen LogP contribution in [-0.2, 0) is 9.47 Å². The first kappa shape index (κ1) is 20.2. The van der Waals surface area contributed by atoms with Crippen LogP contribution in [0.25, 0.3) is 0 Å². The van der Waals surface area contributed by atoms with Gasteiger partial charge in [-0.3, -0.25) is 0 Å². The number of rotatable bonds is 1. The summed E-state index contributed by atoms with van der Waals surface area (Å²) >= 11 is 0. The molecular weight excluding hydrogens is 324 g/mol. The second kappa shape index (κ2) is 7.83. The predicted molar refractivity (Wildman–Crippen MR) is 93.1 cm³/mol. The van der Waals surface area contributed by atoms with Crippen LogP contribution >= 0.6 is 0 Å². The highest BCUT2D eigenvalue weighted by atomic mass is 16.6. The van der Waals surface area contributed by atoms with Gasteiger partial charge in [0.25, 0.3) is 0 Å². The number of carbonyl (C=O) groups is 2. The minimum atomic E-state index is -0.872. The Morgan fingerprint density at radius 3 is 2.24 bits per heavy atom. The van der Waals surface area contributed by atoms with Gasteiger partial charge >= 0.3 is 12.2 Å². The number of amides is 2. The second-order valence-electron chi connectivity index (χ2n) is 7.11. The second-order valence-corrected chi connectivity index (χ2v) is 7.11. The molecule has 0 aliphatic rings. The maximum Gasteiger partial charge on any atom is 0.437 e. The molecule has 0 saturated heterocycles. The van der Waals surface area contributed by atoms with Crippen LogP contribution < -0.4 is 0 Å². The molecule has 0 fully saturated rings. The molecule has 0 spiro atoms. The van der Waals surface area contributed by atoms with Gasteiger partial charge in [-0.1, -0.05) is 5.92 Å². The van der Waals surface area contributed by atoms with Gasteiger partial charge in [-0.25, -0.2) is 19.2 Å². The lowest BCUT2D eigenvalue weighted by Crippen LogP contribution is -2.44. The fraction of sp³-hybridized carbons (Fsp3) is 0.529. The molecule has 8 nitrogen and oxygen atoms in total. The van der Waals surface area contributed by atoms with E-state index in [1.807, 2.05) is 0 Å². The largest absolute Gasteiger partial charge is 0.443 e. The fourth-order valence-electron chi connectivity index (χ4n) is 1.61. The van der Waals surface area contributed by atoms with Crippen molar-refractivity contribution in [3.8, 4) is 12.3 Å². The van der Waals surface area contributed by atoms with Crippen molar-refractivity contribution in [3.63, 3.8) is 0 Å². The standard InChI is InChI=1S/C17H24N4O4/c1-8-11-20(15(23)25-17(5,6)7)13(21-12-9-10-18-21)19-14(22)24-16(2,3)4/h1,9-10,12H,11H2,2-7H3/b19-13+. The summed E-state index contributed by atoms with van der Waals surface area (Å²) in [7, 11) is 0. The molecule has 2 amide bonds. The molecule has 0 aliphatic carbocycles. The van der Waals surface area contributed by atoms with E-state index in [2.05, 4.69) is 16.0 Å². The minimum Gasteiger partial charge on any atom is -0.443 e. The summed E-state index contributed by atoms with van der Waals surface area (Å²) in [6.07, 6.45) is 6.74. The quantitative estimate of drug-likeness (QED) is 0.442. The number of nitrogens with zero attached hydrogens (tertiary/aromatic N) is 4. The van der Waals surface area contributed by atoms with Gasteiger partial charge in [0.1, 0.15) is 11.2 Å². The Hall–Kier alpha value is -2.82. The summed E-state index contributed by atoms with van der Waals surface area (Å²) in [6.45, 7) is 10.1. The van der Waals surface area contributed by atoms with Crippen molar-refractivity contribution in [2.45, 2.75) is 52.7 Å². The Kier molecular flexibility index (Phi) is 6.34. The first-order chi connectivity index (χ1) is 11.4. The fourth-order valence-corrected chi connectivity index (χ4v) is 1.61. The van der Waals surface area contributed by atoms with Gasteiger partial charge in [0.15, 0.2) is 0 Å². The van der Waals surface area contributed by atoms with Gasteiger partial charge in [0.2, 0.25) is 5.96 Å². The zero-order chi connectivity index (χ0) is 19.3. The van der Waals surface area contributed by atoms with Gasteiger partial charge in [0, 0.05) is 12.4 Å². The van der Waals surface area contributed by atoms with Crippen molar-refractivity contribution >= 4 is 18.1 Å². The highest BCUT2D eigenvalue weighted by Gasteiger charge is 2.28. The molecule has 1 aromatic rings. The number of hydrogen-bond acceptors (Lipinski definition) is 5. The molecule has 0 aliphatic heterocycles. The molecule has 136 valence electrons. The lowest BCUT2D eigenvalue weighted by atomic mass is 10.2. The van der Waals surface area contributed by atoms with E-state index in [0.29, 0.717) is 0 Å². The number of aromatic nitrogens is 2. The molecule has 0 unspecified atom stereocenters. The van der Waals surface area contributed by atoms with Crippen molar-refractivity contribution in [1.82, 2.24) is 14.7 Å². The van der Waals surface area contributed by atoms with Crippen LogP contribution in [0.2, 0.25) is 0 Å². The van der Waals surface area contributed by atoms with Gasteiger partial charge in [0.05, 0.1) is 6.54 Å². The zero-order valence-corrected chi connectivity index (χ0v) is 15.4. The molecule has 0 aromatic carbocycles. The molecule has 1 aromatic heterocycles. The van der Waals surface area contributed by atoms with Crippen molar-refractivity contribution in [2.24, 2.45) is 4.99 Å².